The van der Waals surface area contributed by atoms with Crippen molar-refractivity contribution in [3.8, 4) is 0 Å². The van der Waals surface area contributed by atoms with Gasteiger partial charge in [0.25, 0.3) is 0 Å². The Balaban J connectivity index is 2.55. The summed E-state index contributed by atoms with van der Waals surface area (Å²) in [5, 5.41) is 0. The highest BCUT2D eigenvalue weighted by molar-refractivity contribution is 9.15. The number of carbonyl (C=O) groups excluding carboxylic acids is 1. The molecule has 2 nitrogen and oxygen atoms in total. The van der Waals surface area contributed by atoms with Crippen LogP contribution in [0.15, 0.2) is 35.9 Å². The van der Waals surface area contributed by atoms with E-state index in [-0.39, 0.29) is 5.97 Å². The molecule has 0 saturated carbocycles. The van der Waals surface area contributed by atoms with Gasteiger partial charge in [-0.2, -0.15) is 0 Å². The lowest BCUT2D eigenvalue weighted by Gasteiger charge is -2.04. The number of methoxy groups -OCH3 is 1. The first-order valence-electron chi connectivity index (χ1n) is 4.41. The zero-order valence-electron chi connectivity index (χ0n) is 8.08. The van der Waals surface area contributed by atoms with E-state index in [0.29, 0.717) is 5.57 Å². The number of ether oxygens (including phenoxy) is 1. The topological polar surface area (TPSA) is 26.3 Å². The Morgan fingerprint density at radius 2 is 2.13 bits per heavy atom. The van der Waals surface area contributed by atoms with Crippen molar-refractivity contribution in [2.24, 2.45) is 0 Å². The standard InChI is InChI=1S/C12H8BrO2/c1-15-12(14)10-7-6-8-4-2-3-5-9(8)11(10)13/h2-5,7H,1H3/q+1. The van der Waals surface area contributed by atoms with Gasteiger partial charge in [-0.3, -0.25) is 0 Å². The van der Waals surface area contributed by atoms with Crippen LogP contribution in [0.5, 0.6) is 0 Å². The molecule has 1 aliphatic rings. The second kappa shape index (κ2) is 3.97. The Labute approximate surface area is 96.4 Å². The van der Waals surface area contributed by atoms with Gasteiger partial charge in [-0.25, -0.2) is 4.79 Å². The molecule has 0 saturated heterocycles. The number of hydrogen-bond donors (Lipinski definition) is 0. The van der Waals surface area contributed by atoms with Gasteiger partial charge in [0.2, 0.25) is 0 Å². The van der Waals surface area contributed by atoms with Gasteiger partial charge in [0.15, 0.2) is 11.1 Å². The van der Waals surface area contributed by atoms with E-state index < -0.39 is 0 Å². The quantitative estimate of drug-likeness (QED) is 0.575. The molecule has 0 N–H and O–H groups in total. The highest BCUT2D eigenvalue weighted by Crippen LogP contribution is 2.32. The highest BCUT2D eigenvalue weighted by atomic mass is 79.9. The SMILES string of the molecule is COC(=O)C1=C(Br)c2ccccc2[C+]=C1. The van der Waals surface area contributed by atoms with Gasteiger partial charge in [-0.05, 0) is 34.1 Å². The van der Waals surface area contributed by atoms with Crippen LogP contribution in [0, 0.1) is 6.08 Å². The molecule has 1 aliphatic carbocycles. The molecule has 2 rings (SSSR count). The normalized spacial score (nSPS) is 13.2. The number of benzene rings is 1. The number of carbonyl (C=O) groups is 1. The van der Waals surface area contributed by atoms with Crippen LogP contribution < -0.4 is 0 Å². The third-order valence-electron chi connectivity index (χ3n) is 2.18. The van der Waals surface area contributed by atoms with Gasteiger partial charge >= 0.3 is 5.97 Å². The monoisotopic (exact) mass is 263 g/mol. The van der Waals surface area contributed by atoms with Crippen molar-refractivity contribution in [2.75, 3.05) is 7.11 Å². The van der Waals surface area contributed by atoms with Gasteiger partial charge in [0, 0.05) is 12.1 Å². The van der Waals surface area contributed by atoms with E-state index in [1.165, 1.54) is 7.11 Å². The van der Waals surface area contributed by atoms with E-state index in [4.69, 9.17) is 0 Å². The first-order chi connectivity index (χ1) is 7.24. The number of rotatable bonds is 1. The van der Waals surface area contributed by atoms with E-state index in [0.717, 1.165) is 15.6 Å². The Bertz CT molecular complexity index is 472. The smallest absolute Gasteiger partial charge is 0.383 e. The van der Waals surface area contributed by atoms with Crippen molar-refractivity contribution in [3.63, 3.8) is 0 Å². The first-order valence-corrected chi connectivity index (χ1v) is 5.20. The van der Waals surface area contributed by atoms with E-state index in [2.05, 4.69) is 26.7 Å². The predicted octanol–water partition coefficient (Wildman–Crippen LogP) is 2.69. The second-order valence-corrected chi connectivity index (χ2v) is 3.85. The fourth-order valence-electron chi connectivity index (χ4n) is 1.42. The molecule has 74 valence electrons. The van der Waals surface area contributed by atoms with E-state index in [1.54, 1.807) is 6.08 Å². The van der Waals surface area contributed by atoms with Crippen molar-refractivity contribution >= 4 is 26.4 Å². The zero-order valence-corrected chi connectivity index (χ0v) is 9.67. The summed E-state index contributed by atoms with van der Waals surface area (Å²) >= 11 is 3.40. The maximum atomic E-state index is 11.4. The molecule has 1 aromatic rings. The van der Waals surface area contributed by atoms with Crippen LogP contribution in [0.1, 0.15) is 11.1 Å². The van der Waals surface area contributed by atoms with Crippen LogP contribution in [0.3, 0.4) is 0 Å². The summed E-state index contributed by atoms with van der Waals surface area (Å²) in [6.45, 7) is 0. The summed E-state index contributed by atoms with van der Waals surface area (Å²) in [6, 6.07) is 7.73. The number of hydrogen-bond acceptors (Lipinski definition) is 2. The average Bonchev–Trinajstić information content (AvgIpc) is 2.29. The van der Waals surface area contributed by atoms with Crippen LogP contribution in [0.4, 0.5) is 0 Å². The Morgan fingerprint density at radius 3 is 2.87 bits per heavy atom. The number of esters is 1. The predicted molar refractivity (Wildman–Crippen MR) is 61.2 cm³/mol. The minimum absolute atomic E-state index is 0.358. The third-order valence-corrected chi connectivity index (χ3v) is 3.03. The van der Waals surface area contributed by atoms with Crippen molar-refractivity contribution < 1.29 is 9.53 Å². The molecule has 0 aliphatic heterocycles. The summed E-state index contributed by atoms with van der Waals surface area (Å²) in [4.78, 5) is 11.4. The fraction of sp³-hybridized carbons (Fsp3) is 0.0833. The van der Waals surface area contributed by atoms with Crippen molar-refractivity contribution in [2.45, 2.75) is 0 Å². The lowest BCUT2D eigenvalue weighted by molar-refractivity contribution is -0.135. The van der Waals surface area contributed by atoms with Crippen molar-refractivity contribution in [1.29, 1.82) is 0 Å². The maximum Gasteiger partial charge on any atom is 0.383 e. The average molecular weight is 264 g/mol. The van der Waals surface area contributed by atoms with Gasteiger partial charge in [-0.15, -0.1) is 0 Å². The minimum Gasteiger partial charge on any atom is -0.458 e. The summed E-state index contributed by atoms with van der Waals surface area (Å²) in [6.07, 6.45) is 4.68. The molecule has 0 atom stereocenters. The Kier molecular flexibility index (Phi) is 2.67. The maximum absolute atomic E-state index is 11.4. The third kappa shape index (κ3) is 1.72. The fourth-order valence-corrected chi connectivity index (χ4v) is 2.04. The zero-order chi connectivity index (χ0) is 10.8. The van der Waals surface area contributed by atoms with E-state index in [1.807, 2.05) is 24.3 Å². The lowest BCUT2D eigenvalue weighted by atomic mass is 9.98. The molecule has 15 heavy (non-hydrogen) atoms. The summed E-state index contributed by atoms with van der Waals surface area (Å²) in [5.74, 6) is -0.358. The Hall–Kier alpha value is -1.44. The van der Waals surface area contributed by atoms with Crippen molar-refractivity contribution in [1.82, 2.24) is 0 Å². The van der Waals surface area contributed by atoms with Gasteiger partial charge in [0.1, 0.15) is 4.48 Å². The molecule has 0 aromatic heterocycles. The Morgan fingerprint density at radius 1 is 1.40 bits per heavy atom. The van der Waals surface area contributed by atoms with Gasteiger partial charge in [-0.1, -0.05) is 0 Å². The molecule has 3 heteroatoms. The van der Waals surface area contributed by atoms with Crippen LogP contribution in [0.2, 0.25) is 0 Å². The molecule has 0 fully saturated rings. The number of halogens is 1. The number of fused-ring (bicyclic) bond motifs is 1. The molecule has 1 aromatic carbocycles. The summed E-state index contributed by atoms with van der Waals surface area (Å²) in [5.41, 5.74) is 2.42. The van der Waals surface area contributed by atoms with Crippen molar-refractivity contribution in [3.05, 3.63) is 53.1 Å². The molecule has 0 bridgehead atoms. The highest BCUT2D eigenvalue weighted by Gasteiger charge is 2.26. The van der Waals surface area contributed by atoms with Crippen LogP contribution in [0.25, 0.3) is 4.48 Å². The summed E-state index contributed by atoms with van der Waals surface area (Å²) in [7, 11) is 1.37. The molecule has 0 radical (unpaired) electrons. The first kappa shape index (κ1) is 10.1. The second-order valence-electron chi connectivity index (χ2n) is 3.05. The minimum atomic E-state index is -0.358. The van der Waals surface area contributed by atoms with E-state index >= 15 is 0 Å². The van der Waals surface area contributed by atoms with Crippen LogP contribution in [-0.2, 0) is 9.53 Å². The molecule has 0 amide bonds. The molecule has 0 heterocycles. The van der Waals surface area contributed by atoms with Gasteiger partial charge < -0.3 is 4.74 Å². The molecular weight excluding hydrogens is 256 g/mol. The molecular formula is C12H8BrO2+. The van der Waals surface area contributed by atoms with Crippen LogP contribution >= 0.6 is 15.9 Å². The van der Waals surface area contributed by atoms with Gasteiger partial charge in [0.05, 0.1) is 18.7 Å². The lowest BCUT2D eigenvalue weighted by Crippen LogP contribution is -2.07. The van der Waals surface area contributed by atoms with E-state index in [9.17, 15) is 4.79 Å². The molecule has 0 unspecified atom stereocenters. The largest absolute Gasteiger partial charge is 0.458 e. The molecule has 0 spiro atoms. The summed E-state index contributed by atoms with van der Waals surface area (Å²) < 4.78 is 5.43. The van der Waals surface area contributed by atoms with Crippen LogP contribution in [-0.4, -0.2) is 13.1 Å².